The third-order valence-corrected chi connectivity index (χ3v) is 5.79. The van der Waals surface area contributed by atoms with Crippen molar-refractivity contribution in [3.05, 3.63) is 35.9 Å². The molecule has 0 bridgehead atoms. The van der Waals surface area contributed by atoms with Crippen LogP contribution in [0.1, 0.15) is 96.5 Å². The molecule has 5 nitrogen and oxygen atoms in total. The Morgan fingerprint density at radius 2 is 1.35 bits per heavy atom. The van der Waals surface area contributed by atoms with E-state index in [2.05, 4.69) is 19.2 Å². The number of nitrogens with one attached hydrogen (secondary N) is 2. The quantitative estimate of drug-likeness (QED) is 0.160. The fourth-order valence-corrected chi connectivity index (χ4v) is 3.96. The molecule has 4 N–H and O–H groups in total. The molecule has 0 aliphatic rings. The van der Waals surface area contributed by atoms with Gasteiger partial charge in [-0.3, -0.25) is 10.2 Å². The first-order valence-corrected chi connectivity index (χ1v) is 12.5. The number of hydrogen-bond acceptors (Lipinski definition) is 2. The molecule has 1 aromatic rings. The summed E-state index contributed by atoms with van der Waals surface area (Å²) in [7, 11) is 0. The highest BCUT2D eigenvalue weighted by molar-refractivity contribution is 5.87. The molecule has 0 spiro atoms. The maximum Gasteiger partial charge on any atom is 0.245 e. The molecular weight excluding hydrogens is 384 g/mol. The number of guanidine groups is 1. The van der Waals surface area contributed by atoms with Gasteiger partial charge in [0.25, 0.3) is 0 Å². The minimum atomic E-state index is -0.486. The number of rotatable bonds is 18. The smallest absolute Gasteiger partial charge is 0.245 e. The van der Waals surface area contributed by atoms with Crippen LogP contribution in [0.25, 0.3) is 0 Å². The number of hydrogen-bond donors (Lipinski definition) is 3. The summed E-state index contributed by atoms with van der Waals surface area (Å²) in [6.07, 6.45) is 15.1. The molecule has 0 aliphatic carbocycles. The number of unbranched alkanes of at least 4 members (excludes halogenated alkanes) is 10. The normalized spacial score (nSPS) is 11.8. The van der Waals surface area contributed by atoms with E-state index in [0.29, 0.717) is 6.42 Å². The summed E-state index contributed by atoms with van der Waals surface area (Å²) in [4.78, 5) is 15.4. The van der Waals surface area contributed by atoms with E-state index in [0.717, 1.165) is 31.5 Å². The molecule has 0 saturated heterocycles. The molecule has 0 saturated carbocycles. The lowest BCUT2D eigenvalue weighted by molar-refractivity contribution is -0.133. The number of carbonyl (C=O) groups is 1. The highest BCUT2D eigenvalue weighted by atomic mass is 16.2. The van der Waals surface area contributed by atoms with Crippen molar-refractivity contribution in [1.82, 2.24) is 10.2 Å². The van der Waals surface area contributed by atoms with Gasteiger partial charge in [-0.2, -0.15) is 0 Å². The molecule has 1 amide bonds. The second kappa shape index (κ2) is 17.6. The Balaban J connectivity index is 2.69. The van der Waals surface area contributed by atoms with E-state index < -0.39 is 6.04 Å². The van der Waals surface area contributed by atoms with Gasteiger partial charge in [0.05, 0.1) is 0 Å². The van der Waals surface area contributed by atoms with Gasteiger partial charge in [-0.1, -0.05) is 108 Å². The molecule has 31 heavy (non-hydrogen) atoms. The summed E-state index contributed by atoms with van der Waals surface area (Å²) >= 11 is 0. The second-order valence-electron chi connectivity index (χ2n) is 8.66. The van der Waals surface area contributed by atoms with Crippen molar-refractivity contribution in [1.29, 1.82) is 5.41 Å². The summed E-state index contributed by atoms with van der Waals surface area (Å²) in [5.41, 5.74) is 6.70. The largest absolute Gasteiger partial charge is 0.370 e. The molecule has 1 rings (SSSR count). The SMILES string of the molecule is CCCCCCCCN(CCCCCCCC)C(=O)[C@H](Cc1ccccc1)NC(=N)N. The summed E-state index contributed by atoms with van der Waals surface area (Å²) in [6.45, 7) is 6.06. The van der Waals surface area contributed by atoms with E-state index in [9.17, 15) is 4.79 Å². The Labute approximate surface area is 190 Å². The molecule has 0 aliphatic heterocycles. The molecule has 0 heterocycles. The van der Waals surface area contributed by atoms with E-state index in [-0.39, 0.29) is 11.9 Å². The Bertz CT molecular complexity index is 574. The number of nitrogens with two attached hydrogens (primary N) is 1. The molecule has 0 unspecified atom stereocenters. The van der Waals surface area contributed by atoms with Crippen molar-refractivity contribution in [2.24, 2.45) is 5.73 Å². The monoisotopic (exact) mass is 430 g/mol. The lowest BCUT2D eigenvalue weighted by Gasteiger charge is -2.28. The number of benzene rings is 1. The summed E-state index contributed by atoms with van der Waals surface area (Å²) in [5.74, 6) is -0.0745. The first-order valence-electron chi connectivity index (χ1n) is 12.5. The summed E-state index contributed by atoms with van der Waals surface area (Å²) in [5, 5.41) is 10.6. The lowest BCUT2D eigenvalue weighted by atomic mass is 10.0. The second-order valence-corrected chi connectivity index (χ2v) is 8.66. The zero-order valence-electron chi connectivity index (χ0n) is 20.0. The summed E-state index contributed by atoms with van der Waals surface area (Å²) < 4.78 is 0. The molecule has 0 aromatic heterocycles. The zero-order chi connectivity index (χ0) is 22.7. The van der Waals surface area contributed by atoms with Crippen molar-refractivity contribution in [2.75, 3.05) is 13.1 Å². The van der Waals surface area contributed by atoms with Gasteiger partial charge >= 0.3 is 0 Å². The maximum atomic E-state index is 13.4. The topological polar surface area (TPSA) is 82.2 Å². The van der Waals surface area contributed by atoms with Crippen LogP contribution in [0.3, 0.4) is 0 Å². The fourth-order valence-electron chi connectivity index (χ4n) is 3.96. The number of nitrogens with zero attached hydrogens (tertiary/aromatic N) is 1. The first kappa shape index (κ1) is 27.0. The number of amides is 1. The van der Waals surface area contributed by atoms with Gasteiger partial charge in [-0.15, -0.1) is 0 Å². The van der Waals surface area contributed by atoms with E-state index >= 15 is 0 Å². The third-order valence-electron chi connectivity index (χ3n) is 5.79. The molecule has 5 heteroatoms. The third kappa shape index (κ3) is 13.1. The Kier molecular flexibility index (Phi) is 15.3. The standard InChI is InChI=1S/C26H46N4O/c1-3-5-7-9-11-16-20-30(21-17-12-10-8-6-4-2)25(31)24(29-26(27)28)22-23-18-14-13-15-19-23/h13-15,18-19,24H,3-12,16-17,20-22H2,1-2H3,(H4,27,28,29)/t24-/m0/s1. The van der Waals surface area contributed by atoms with E-state index in [4.69, 9.17) is 11.1 Å². The Morgan fingerprint density at radius 1 is 0.871 bits per heavy atom. The molecule has 0 fully saturated rings. The van der Waals surface area contributed by atoms with Crippen LogP contribution < -0.4 is 11.1 Å². The van der Waals surface area contributed by atoms with Crippen molar-refractivity contribution in [3.8, 4) is 0 Å². The highest BCUT2D eigenvalue weighted by Crippen LogP contribution is 2.12. The van der Waals surface area contributed by atoms with E-state index in [1.807, 2.05) is 35.2 Å². The molecular formula is C26H46N4O. The van der Waals surface area contributed by atoms with Gasteiger partial charge in [-0.05, 0) is 18.4 Å². The predicted octanol–water partition coefficient (Wildman–Crippen LogP) is 5.63. The Morgan fingerprint density at radius 3 is 1.84 bits per heavy atom. The minimum absolute atomic E-state index is 0.0705. The summed E-state index contributed by atoms with van der Waals surface area (Å²) in [6, 6.07) is 9.49. The van der Waals surface area contributed by atoms with Crippen LogP contribution in [0.4, 0.5) is 0 Å². The van der Waals surface area contributed by atoms with Gasteiger partial charge in [0.1, 0.15) is 6.04 Å². The molecule has 1 aromatic carbocycles. The van der Waals surface area contributed by atoms with Crippen LogP contribution in [0.15, 0.2) is 30.3 Å². The van der Waals surface area contributed by atoms with Crippen LogP contribution in [-0.4, -0.2) is 35.9 Å². The first-order chi connectivity index (χ1) is 15.1. The molecule has 1 atom stereocenters. The average molecular weight is 431 g/mol. The van der Waals surface area contributed by atoms with Gasteiger partial charge in [0, 0.05) is 19.5 Å². The fraction of sp³-hybridized carbons (Fsp3) is 0.692. The molecule has 176 valence electrons. The van der Waals surface area contributed by atoms with Crippen LogP contribution >= 0.6 is 0 Å². The highest BCUT2D eigenvalue weighted by Gasteiger charge is 2.24. The van der Waals surface area contributed by atoms with Crippen LogP contribution in [-0.2, 0) is 11.2 Å². The predicted molar refractivity (Wildman–Crippen MR) is 132 cm³/mol. The van der Waals surface area contributed by atoms with Crippen molar-refractivity contribution < 1.29 is 4.79 Å². The number of carbonyl (C=O) groups excluding carboxylic acids is 1. The van der Waals surface area contributed by atoms with E-state index in [1.165, 1.54) is 64.2 Å². The van der Waals surface area contributed by atoms with Gasteiger partial charge in [-0.25, -0.2) is 0 Å². The van der Waals surface area contributed by atoms with Gasteiger partial charge < -0.3 is 16.0 Å². The molecule has 0 radical (unpaired) electrons. The van der Waals surface area contributed by atoms with E-state index in [1.54, 1.807) is 0 Å². The van der Waals surface area contributed by atoms with Crippen molar-refractivity contribution >= 4 is 11.9 Å². The van der Waals surface area contributed by atoms with Crippen molar-refractivity contribution in [3.63, 3.8) is 0 Å². The van der Waals surface area contributed by atoms with Crippen LogP contribution in [0, 0.1) is 5.41 Å². The van der Waals surface area contributed by atoms with Gasteiger partial charge in [0.2, 0.25) is 5.91 Å². The zero-order valence-corrected chi connectivity index (χ0v) is 20.0. The maximum absolute atomic E-state index is 13.4. The van der Waals surface area contributed by atoms with Crippen LogP contribution in [0.2, 0.25) is 0 Å². The van der Waals surface area contributed by atoms with Crippen molar-refractivity contribution in [2.45, 2.75) is 103 Å². The lowest BCUT2D eigenvalue weighted by Crippen LogP contribution is -2.51. The average Bonchev–Trinajstić information content (AvgIpc) is 2.76. The van der Waals surface area contributed by atoms with Crippen LogP contribution in [0.5, 0.6) is 0 Å². The minimum Gasteiger partial charge on any atom is -0.370 e. The van der Waals surface area contributed by atoms with Gasteiger partial charge in [0.15, 0.2) is 5.96 Å². The Hall–Kier alpha value is -2.04.